The number of aromatic nitrogens is 3. The third-order valence-electron chi connectivity index (χ3n) is 3.65. The molecule has 1 atom stereocenters. The van der Waals surface area contributed by atoms with Gasteiger partial charge in [0.15, 0.2) is 0 Å². The molecular formula is C16H18N4. The summed E-state index contributed by atoms with van der Waals surface area (Å²) in [5.74, 6) is 0.563. The fourth-order valence-electron chi connectivity index (χ4n) is 2.58. The third-order valence-corrected chi connectivity index (χ3v) is 3.65. The minimum atomic E-state index is 0.308. The van der Waals surface area contributed by atoms with E-state index >= 15 is 0 Å². The zero-order valence-electron chi connectivity index (χ0n) is 11.5. The summed E-state index contributed by atoms with van der Waals surface area (Å²) in [4.78, 5) is 8.46. The zero-order valence-corrected chi connectivity index (χ0v) is 11.5. The highest BCUT2D eigenvalue weighted by Gasteiger charge is 2.13. The van der Waals surface area contributed by atoms with Crippen LogP contribution in [0.3, 0.4) is 0 Å². The topological polar surface area (TPSA) is 56.7 Å². The molecule has 1 unspecified atom stereocenters. The monoisotopic (exact) mass is 266 g/mol. The summed E-state index contributed by atoms with van der Waals surface area (Å²) in [5.41, 5.74) is 9.31. The summed E-state index contributed by atoms with van der Waals surface area (Å²) in [6.45, 7) is 2.18. The fraction of sp³-hybridized carbons (Fsp3) is 0.250. The van der Waals surface area contributed by atoms with Crippen molar-refractivity contribution < 1.29 is 0 Å². The van der Waals surface area contributed by atoms with Crippen molar-refractivity contribution in [2.45, 2.75) is 25.8 Å². The molecule has 0 amide bonds. The van der Waals surface area contributed by atoms with E-state index in [1.54, 1.807) is 12.4 Å². The van der Waals surface area contributed by atoms with Crippen molar-refractivity contribution in [2.24, 2.45) is 0 Å². The molecule has 2 N–H and O–H groups in total. The van der Waals surface area contributed by atoms with Gasteiger partial charge in [0.05, 0.1) is 11.7 Å². The molecule has 4 nitrogen and oxygen atoms in total. The van der Waals surface area contributed by atoms with Gasteiger partial charge in [0, 0.05) is 12.2 Å². The number of anilines is 1. The molecule has 0 radical (unpaired) electrons. The van der Waals surface area contributed by atoms with Gasteiger partial charge in [0.25, 0.3) is 0 Å². The van der Waals surface area contributed by atoms with Crippen LogP contribution in [0.4, 0.5) is 5.95 Å². The van der Waals surface area contributed by atoms with Gasteiger partial charge in [-0.2, -0.15) is 0 Å². The van der Waals surface area contributed by atoms with E-state index in [0.29, 0.717) is 12.0 Å². The molecule has 0 saturated carbocycles. The lowest BCUT2D eigenvalue weighted by Crippen LogP contribution is -2.09. The highest BCUT2D eigenvalue weighted by molar-refractivity contribution is 5.77. The molecule has 0 aliphatic carbocycles. The predicted octanol–water partition coefficient (Wildman–Crippen LogP) is 3.21. The maximum Gasteiger partial charge on any atom is 0.201 e. The van der Waals surface area contributed by atoms with Crippen molar-refractivity contribution in [1.82, 2.24) is 14.5 Å². The molecule has 0 bridgehead atoms. The molecule has 102 valence electrons. The van der Waals surface area contributed by atoms with Crippen LogP contribution in [-0.2, 0) is 6.42 Å². The minimum absolute atomic E-state index is 0.308. The Morgan fingerprint density at radius 2 is 2.00 bits per heavy atom. The van der Waals surface area contributed by atoms with Crippen LogP contribution in [0.25, 0.3) is 11.0 Å². The van der Waals surface area contributed by atoms with Crippen LogP contribution in [0, 0.1) is 0 Å². The molecule has 2 aromatic heterocycles. The normalized spacial score (nSPS) is 12.7. The van der Waals surface area contributed by atoms with E-state index in [2.05, 4.69) is 45.7 Å². The van der Waals surface area contributed by atoms with E-state index in [1.807, 2.05) is 12.1 Å². The van der Waals surface area contributed by atoms with Crippen LogP contribution in [0.5, 0.6) is 0 Å². The van der Waals surface area contributed by atoms with Gasteiger partial charge in [-0.1, -0.05) is 30.3 Å². The largest absolute Gasteiger partial charge is 0.369 e. The first-order valence-corrected chi connectivity index (χ1v) is 6.87. The lowest BCUT2D eigenvalue weighted by atomic mass is 10.1. The number of rotatable bonds is 4. The Kier molecular flexibility index (Phi) is 3.37. The van der Waals surface area contributed by atoms with Crippen molar-refractivity contribution in [3.8, 4) is 0 Å². The maximum absolute atomic E-state index is 6.05. The first-order valence-electron chi connectivity index (χ1n) is 6.87. The molecular weight excluding hydrogens is 248 g/mol. The van der Waals surface area contributed by atoms with Crippen LogP contribution in [-0.4, -0.2) is 14.5 Å². The van der Waals surface area contributed by atoms with Crippen molar-refractivity contribution in [2.75, 3.05) is 5.73 Å². The number of nitrogens with two attached hydrogens (primary N) is 1. The number of pyridine rings is 1. The second-order valence-electron chi connectivity index (χ2n) is 5.08. The van der Waals surface area contributed by atoms with Crippen molar-refractivity contribution >= 4 is 17.0 Å². The number of nitrogens with zero attached hydrogens (tertiary/aromatic N) is 3. The SMILES string of the molecule is CC(CCc1ccccc1)n1c(N)nc2cnccc21. The summed E-state index contributed by atoms with van der Waals surface area (Å²) < 4.78 is 2.10. The van der Waals surface area contributed by atoms with E-state index in [1.165, 1.54) is 5.56 Å². The van der Waals surface area contributed by atoms with Crippen LogP contribution < -0.4 is 5.73 Å². The molecule has 3 aromatic rings. The standard InChI is InChI=1S/C16H18N4/c1-12(7-8-13-5-3-2-4-6-13)20-15-9-10-18-11-14(15)19-16(20)17/h2-6,9-12H,7-8H2,1H3,(H2,17,19). The molecule has 0 spiro atoms. The number of nitrogen functional groups attached to an aromatic ring is 1. The summed E-state index contributed by atoms with van der Waals surface area (Å²) in [6, 6.07) is 12.8. The molecule has 0 aliphatic heterocycles. The van der Waals surface area contributed by atoms with E-state index in [9.17, 15) is 0 Å². The molecule has 0 aliphatic rings. The Balaban J connectivity index is 1.82. The number of hydrogen-bond acceptors (Lipinski definition) is 3. The van der Waals surface area contributed by atoms with Gasteiger partial charge in [0.2, 0.25) is 5.95 Å². The van der Waals surface area contributed by atoms with E-state index in [0.717, 1.165) is 23.9 Å². The fourth-order valence-corrected chi connectivity index (χ4v) is 2.58. The lowest BCUT2D eigenvalue weighted by Gasteiger charge is -2.16. The zero-order chi connectivity index (χ0) is 13.9. The molecule has 20 heavy (non-hydrogen) atoms. The Morgan fingerprint density at radius 1 is 1.20 bits per heavy atom. The van der Waals surface area contributed by atoms with Gasteiger partial charge >= 0.3 is 0 Å². The van der Waals surface area contributed by atoms with Gasteiger partial charge in [-0.15, -0.1) is 0 Å². The molecule has 3 rings (SSSR count). The minimum Gasteiger partial charge on any atom is -0.369 e. The number of imidazole rings is 1. The second kappa shape index (κ2) is 5.33. The molecule has 0 fully saturated rings. The number of fused-ring (bicyclic) bond motifs is 1. The van der Waals surface area contributed by atoms with Gasteiger partial charge in [0.1, 0.15) is 5.52 Å². The lowest BCUT2D eigenvalue weighted by molar-refractivity contribution is 0.525. The number of benzene rings is 1. The van der Waals surface area contributed by atoms with Crippen LogP contribution in [0.2, 0.25) is 0 Å². The van der Waals surface area contributed by atoms with E-state index in [-0.39, 0.29) is 0 Å². The number of aryl methyl sites for hydroxylation is 1. The second-order valence-corrected chi connectivity index (χ2v) is 5.08. The molecule has 0 saturated heterocycles. The predicted molar refractivity (Wildman–Crippen MR) is 81.4 cm³/mol. The molecule has 2 heterocycles. The first kappa shape index (κ1) is 12.7. The quantitative estimate of drug-likeness (QED) is 0.789. The first-order chi connectivity index (χ1) is 9.75. The van der Waals surface area contributed by atoms with Gasteiger partial charge in [-0.05, 0) is 31.4 Å². The Bertz CT molecular complexity index is 703. The highest BCUT2D eigenvalue weighted by atomic mass is 15.2. The van der Waals surface area contributed by atoms with E-state index < -0.39 is 0 Å². The van der Waals surface area contributed by atoms with Crippen LogP contribution in [0.1, 0.15) is 24.9 Å². The highest BCUT2D eigenvalue weighted by Crippen LogP contribution is 2.24. The van der Waals surface area contributed by atoms with Crippen molar-refractivity contribution in [3.63, 3.8) is 0 Å². The molecule has 4 heteroatoms. The van der Waals surface area contributed by atoms with Crippen molar-refractivity contribution in [3.05, 3.63) is 54.4 Å². The van der Waals surface area contributed by atoms with Gasteiger partial charge in [-0.3, -0.25) is 4.98 Å². The summed E-state index contributed by atoms with van der Waals surface area (Å²) in [7, 11) is 0. The number of hydrogen-bond donors (Lipinski definition) is 1. The Hall–Kier alpha value is -2.36. The summed E-state index contributed by atoms with van der Waals surface area (Å²) in [5, 5.41) is 0. The summed E-state index contributed by atoms with van der Waals surface area (Å²) >= 11 is 0. The van der Waals surface area contributed by atoms with Gasteiger partial charge < -0.3 is 10.3 Å². The average Bonchev–Trinajstić information content (AvgIpc) is 2.82. The summed E-state index contributed by atoms with van der Waals surface area (Å²) in [6.07, 6.45) is 5.60. The average molecular weight is 266 g/mol. The van der Waals surface area contributed by atoms with Crippen molar-refractivity contribution in [1.29, 1.82) is 0 Å². The van der Waals surface area contributed by atoms with Crippen LogP contribution >= 0.6 is 0 Å². The third kappa shape index (κ3) is 2.37. The smallest absolute Gasteiger partial charge is 0.201 e. The Labute approximate surface area is 118 Å². The molecule has 1 aromatic carbocycles. The van der Waals surface area contributed by atoms with E-state index in [4.69, 9.17) is 5.73 Å². The maximum atomic E-state index is 6.05. The van der Waals surface area contributed by atoms with Crippen LogP contribution in [0.15, 0.2) is 48.8 Å². The Morgan fingerprint density at radius 3 is 2.80 bits per heavy atom. The van der Waals surface area contributed by atoms with Gasteiger partial charge in [-0.25, -0.2) is 4.98 Å².